The second-order valence-corrected chi connectivity index (χ2v) is 5.98. The van der Waals surface area contributed by atoms with Gasteiger partial charge in [0.05, 0.1) is 12.5 Å². The fourth-order valence-corrected chi connectivity index (χ4v) is 3.22. The summed E-state index contributed by atoms with van der Waals surface area (Å²) in [6.45, 7) is 2.86. The van der Waals surface area contributed by atoms with Crippen LogP contribution in [0.25, 0.3) is 6.08 Å². The molecule has 2 heterocycles. The third kappa shape index (κ3) is 2.76. The van der Waals surface area contributed by atoms with E-state index in [1.165, 1.54) is 6.92 Å². The van der Waals surface area contributed by atoms with Crippen LogP contribution in [-0.4, -0.2) is 40.7 Å². The molecule has 0 bridgehead atoms. The van der Waals surface area contributed by atoms with Crippen LogP contribution in [0, 0.1) is 0 Å². The van der Waals surface area contributed by atoms with Gasteiger partial charge in [-0.2, -0.15) is 0 Å². The summed E-state index contributed by atoms with van der Waals surface area (Å²) in [5.74, 6) is 0.0102. The maximum Gasteiger partial charge on any atom is 0.225 e. The minimum atomic E-state index is -0.233. The van der Waals surface area contributed by atoms with Gasteiger partial charge in [-0.1, -0.05) is 24.3 Å². The SMILES string of the molecule is CC(=O)N1C=Cc2ccccc2C1CC(=O)N1CC[C@@H](N)C1. The lowest BCUT2D eigenvalue weighted by atomic mass is 9.93. The van der Waals surface area contributed by atoms with Crippen LogP contribution in [0.1, 0.15) is 36.9 Å². The zero-order valence-corrected chi connectivity index (χ0v) is 12.7. The van der Waals surface area contributed by atoms with Crippen molar-refractivity contribution in [2.45, 2.75) is 31.8 Å². The Morgan fingerprint density at radius 3 is 2.77 bits per heavy atom. The maximum absolute atomic E-state index is 12.5. The first kappa shape index (κ1) is 14.8. The lowest BCUT2D eigenvalue weighted by Crippen LogP contribution is -2.37. The summed E-state index contributed by atoms with van der Waals surface area (Å²) >= 11 is 0. The van der Waals surface area contributed by atoms with Gasteiger partial charge < -0.3 is 15.5 Å². The summed E-state index contributed by atoms with van der Waals surface area (Å²) in [5, 5.41) is 0. The van der Waals surface area contributed by atoms with Gasteiger partial charge in [-0.05, 0) is 23.6 Å². The van der Waals surface area contributed by atoms with Crippen molar-refractivity contribution in [1.29, 1.82) is 0 Å². The Hall–Kier alpha value is -2.14. The number of likely N-dealkylation sites (tertiary alicyclic amines) is 1. The first-order valence-electron chi connectivity index (χ1n) is 7.65. The van der Waals surface area contributed by atoms with Crippen LogP contribution in [0.15, 0.2) is 30.5 Å². The minimum Gasteiger partial charge on any atom is -0.341 e. The normalized spacial score (nSPS) is 23.5. The number of rotatable bonds is 2. The number of amides is 2. The molecule has 1 aromatic rings. The van der Waals surface area contributed by atoms with Crippen LogP contribution in [0.2, 0.25) is 0 Å². The minimum absolute atomic E-state index is 0.0540. The lowest BCUT2D eigenvalue weighted by molar-refractivity contribution is -0.133. The molecule has 3 rings (SSSR count). The molecule has 2 aliphatic rings. The summed E-state index contributed by atoms with van der Waals surface area (Å²) in [6.07, 6.45) is 4.85. The highest BCUT2D eigenvalue weighted by atomic mass is 16.2. The predicted molar refractivity (Wildman–Crippen MR) is 84.5 cm³/mol. The zero-order valence-electron chi connectivity index (χ0n) is 12.7. The third-order valence-electron chi connectivity index (χ3n) is 4.41. The molecule has 1 unspecified atom stereocenters. The van der Waals surface area contributed by atoms with E-state index in [0.29, 0.717) is 19.5 Å². The number of hydrogen-bond donors (Lipinski definition) is 1. The molecular formula is C17H21N3O2. The number of nitrogens with two attached hydrogens (primary N) is 1. The van der Waals surface area contributed by atoms with E-state index < -0.39 is 0 Å². The Balaban J connectivity index is 1.84. The van der Waals surface area contributed by atoms with Crippen molar-refractivity contribution in [2.24, 2.45) is 5.73 Å². The van der Waals surface area contributed by atoms with E-state index in [1.807, 2.05) is 35.2 Å². The number of carbonyl (C=O) groups is 2. The predicted octanol–water partition coefficient (Wildman–Crippen LogP) is 1.51. The number of fused-ring (bicyclic) bond motifs is 1. The maximum atomic E-state index is 12.5. The molecule has 5 nitrogen and oxygen atoms in total. The van der Waals surface area contributed by atoms with Gasteiger partial charge in [0.1, 0.15) is 0 Å². The average molecular weight is 299 g/mol. The van der Waals surface area contributed by atoms with Gasteiger partial charge in [0.25, 0.3) is 0 Å². The van der Waals surface area contributed by atoms with Gasteiger partial charge in [-0.15, -0.1) is 0 Å². The molecule has 0 aliphatic carbocycles. The van der Waals surface area contributed by atoms with Gasteiger partial charge >= 0.3 is 0 Å². The fourth-order valence-electron chi connectivity index (χ4n) is 3.22. The molecule has 116 valence electrons. The Kier molecular flexibility index (Phi) is 3.98. The molecule has 0 spiro atoms. The van der Waals surface area contributed by atoms with Crippen LogP contribution >= 0.6 is 0 Å². The Morgan fingerprint density at radius 2 is 2.09 bits per heavy atom. The van der Waals surface area contributed by atoms with Crippen LogP contribution in [-0.2, 0) is 9.59 Å². The van der Waals surface area contributed by atoms with E-state index in [0.717, 1.165) is 17.5 Å². The second kappa shape index (κ2) is 5.93. The molecule has 0 radical (unpaired) electrons. The van der Waals surface area contributed by atoms with Crippen LogP contribution in [0.4, 0.5) is 0 Å². The first-order chi connectivity index (χ1) is 10.6. The largest absolute Gasteiger partial charge is 0.341 e. The van der Waals surface area contributed by atoms with Crippen LogP contribution in [0.3, 0.4) is 0 Å². The van der Waals surface area contributed by atoms with Crippen molar-refractivity contribution >= 4 is 17.9 Å². The highest BCUT2D eigenvalue weighted by Gasteiger charge is 2.31. The van der Waals surface area contributed by atoms with Gasteiger partial charge in [-0.3, -0.25) is 9.59 Å². The summed E-state index contributed by atoms with van der Waals surface area (Å²) in [5.41, 5.74) is 7.97. The second-order valence-electron chi connectivity index (χ2n) is 5.98. The number of hydrogen-bond acceptors (Lipinski definition) is 3. The lowest BCUT2D eigenvalue weighted by Gasteiger charge is -2.33. The molecule has 1 aromatic carbocycles. The standard InChI is InChI=1S/C17H21N3O2/c1-12(21)20-9-6-13-4-2-3-5-15(13)16(20)10-17(22)19-8-7-14(18)11-19/h2-6,9,14,16H,7-8,10-11,18H2,1H3/t14-,16?/m1/s1. The molecule has 1 fully saturated rings. The highest BCUT2D eigenvalue weighted by Crippen LogP contribution is 2.33. The van der Waals surface area contributed by atoms with E-state index >= 15 is 0 Å². The van der Waals surface area contributed by atoms with Crippen molar-refractivity contribution in [3.8, 4) is 0 Å². The number of nitrogens with zero attached hydrogens (tertiary/aromatic N) is 2. The van der Waals surface area contributed by atoms with E-state index in [9.17, 15) is 9.59 Å². The quantitative estimate of drug-likeness (QED) is 0.900. The summed E-state index contributed by atoms with van der Waals surface area (Å²) in [7, 11) is 0. The van der Waals surface area contributed by atoms with Crippen molar-refractivity contribution in [3.05, 3.63) is 41.6 Å². The van der Waals surface area contributed by atoms with Crippen LogP contribution in [0.5, 0.6) is 0 Å². The summed E-state index contributed by atoms with van der Waals surface area (Å²) in [6, 6.07) is 7.74. The van der Waals surface area contributed by atoms with Crippen molar-refractivity contribution < 1.29 is 9.59 Å². The highest BCUT2D eigenvalue weighted by molar-refractivity contribution is 5.82. The van der Waals surface area contributed by atoms with Gasteiger partial charge in [0.2, 0.25) is 11.8 Å². The smallest absolute Gasteiger partial charge is 0.225 e. The topological polar surface area (TPSA) is 66.6 Å². The zero-order chi connectivity index (χ0) is 15.7. The van der Waals surface area contributed by atoms with E-state index in [-0.39, 0.29) is 23.9 Å². The van der Waals surface area contributed by atoms with Gasteiger partial charge in [0.15, 0.2) is 0 Å². The fraction of sp³-hybridized carbons (Fsp3) is 0.412. The van der Waals surface area contributed by atoms with E-state index in [4.69, 9.17) is 5.73 Å². The summed E-state index contributed by atoms with van der Waals surface area (Å²) in [4.78, 5) is 27.9. The van der Waals surface area contributed by atoms with E-state index in [2.05, 4.69) is 0 Å². The third-order valence-corrected chi connectivity index (χ3v) is 4.41. The molecule has 22 heavy (non-hydrogen) atoms. The van der Waals surface area contributed by atoms with Crippen molar-refractivity contribution in [2.75, 3.05) is 13.1 Å². The Morgan fingerprint density at radius 1 is 1.32 bits per heavy atom. The molecule has 5 heteroatoms. The Labute approximate surface area is 130 Å². The summed E-state index contributed by atoms with van der Waals surface area (Å²) < 4.78 is 0. The first-order valence-corrected chi connectivity index (χ1v) is 7.65. The molecule has 1 saturated heterocycles. The molecule has 2 atom stereocenters. The Bertz CT molecular complexity index is 626. The van der Waals surface area contributed by atoms with E-state index in [1.54, 1.807) is 11.1 Å². The molecule has 0 aromatic heterocycles. The molecule has 2 N–H and O–H groups in total. The molecular weight excluding hydrogens is 278 g/mol. The molecule has 0 saturated carbocycles. The monoisotopic (exact) mass is 299 g/mol. The van der Waals surface area contributed by atoms with Crippen molar-refractivity contribution in [3.63, 3.8) is 0 Å². The molecule has 2 amide bonds. The number of carbonyl (C=O) groups excluding carboxylic acids is 2. The molecule has 2 aliphatic heterocycles. The van der Waals surface area contributed by atoms with Gasteiger partial charge in [-0.25, -0.2) is 0 Å². The average Bonchev–Trinajstić information content (AvgIpc) is 2.94. The van der Waals surface area contributed by atoms with Gasteiger partial charge in [0, 0.05) is 32.3 Å². The van der Waals surface area contributed by atoms with Crippen molar-refractivity contribution in [1.82, 2.24) is 9.80 Å². The van der Waals surface area contributed by atoms with Crippen LogP contribution < -0.4 is 5.73 Å². The number of benzene rings is 1.